The zero-order chi connectivity index (χ0) is 23.2. The number of ether oxygens (including phenoxy) is 1. The Morgan fingerprint density at radius 1 is 1.09 bits per heavy atom. The smallest absolute Gasteiger partial charge is 0.416 e. The summed E-state index contributed by atoms with van der Waals surface area (Å²) in [4.78, 5) is 14.6. The Morgan fingerprint density at radius 2 is 1.88 bits per heavy atom. The minimum atomic E-state index is -4.39. The largest absolute Gasteiger partial charge is 0.489 e. The van der Waals surface area contributed by atoms with Gasteiger partial charge in [-0.05, 0) is 78.5 Å². The lowest BCUT2D eigenvalue weighted by Gasteiger charge is -2.19. The molecule has 33 heavy (non-hydrogen) atoms. The van der Waals surface area contributed by atoms with Crippen molar-refractivity contribution in [3.63, 3.8) is 0 Å². The van der Waals surface area contributed by atoms with Crippen LogP contribution < -0.4 is 4.74 Å². The highest BCUT2D eigenvalue weighted by Gasteiger charge is 2.36. The molecule has 0 saturated heterocycles. The fourth-order valence-electron chi connectivity index (χ4n) is 5.58. The van der Waals surface area contributed by atoms with Gasteiger partial charge in [0.1, 0.15) is 12.4 Å². The Kier molecular flexibility index (Phi) is 5.59. The summed E-state index contributed by atoms with van der Waals surface area (Å²) in [5.41, 5.74) is 3.34. The van der Waals surface area contributed by atoms with Crippen LogP contribution in [0.5, 0.6) is 5.75 Å². The van der Waals surface area contributed by atoms with E-state index in [-0.39, 0.29) is 24.9 Å². The van der Waals surface area contributed by atoms with Crippen LogP contribution in [0.2, 0.25) is 0 Å². The number of hydrogen-bond acceptors (Lipinski definition) is 2. The van der Waals surface area contributed by atoms with Gasteiger partial charge in [-0.25, -0.2) is 0 Å². The summed E-state index contributed by atoms with van der Waals surface area (Å²) in [6.07, 6.45) is 0.868. The van der Waals surface area contributed by atoms with Crippen LogP contribution in [0, 0.1) is 0 Å². The number of hydrogen-bond donors (Lipinski definition) is 2. The van der Waals surface area contributed by atoms with Crippen molar-refractivity contribution in [1.29, 1.82) is 0 Å². The lowest BCUT2D eigenvalue weighted by atomic mass is 9.91. The van der Waals surface area contributed by atoms with Gasteiger partial charge in [0.25, 0.3) is 0 Å². The van der Waals surface area contributed by atoms with Gasteiger partial charge in [0.15, 0.2) is 0 Å². The number of carbonyl (C=O) groups is 1. The van der Waals surface area contributed by atoms with Crippen molar-refractivity contribution in [3.05, 3.63) is 64.3 Å². The molecule has 1 fully saturated rings. The predicted molar refractivity (Wildman–Crippen MR) is 119 cm³/mol. The maximum Gasteiger partial charge on any atom is 0.416 e. The Hall–Kier alpha value is -2.96. The summed E-state index contributed by atoms with van der Waals surface area (Å²) >= 11 is 0. The highest BCUT2D eigenvalue weighted by atomic mass is 19.4. The maximum absolute atomic E-state index is 13.8. The number of nitrogens with one attached hydrogen (secondary N) is 1. The summed E-state index contributed by atoms with van der Waals surface area (Å²) in [5, 5.41) is 10.2. The Bertz CT molecular complexity index is 1190. The fourth-order valence-corrected chi connectivity index (χ4v) is 5.58. The number of aliphatic carboxylic acids is 1. The van der Waals surface area contributed by atoms with Crippen molar-refractivity contribution < 1.29 is 27.8 Å². The second kappa shape index (κ2) is 8.43. The molecule has 7 heteroatoms. The second-order valence-electron chi connectivity index (χ2n) is 9.25. The molecule has 0 radical (unpaired) electrons. The minimum Gasteiger partial charge on any atom is -0.489 e. The molecular formula is C26H26F3NO3. The van der Waals surface area contributed by atoms with Crippen molar-refractivity contribution in [2.24, 2.45) is 0 Å². The van der Waals surface area contributed by atoms with Gasteiger partial charge in [0.2, 0.25) is 0 Å². The summed E-state index contributed by atoms with van der Waals surface area (Å²) < 4.78 is 47.1. The molecule has 2 aliphatic carbocycles. The molecule has 2 N–H and O–H groups in total. The summed E-state index contributed by atoms with van der Waals surface area (Å²) in [7, 11) is 0. The lowest BCUT2D eigenvalue weighted by Crippen LogP contribution is -2.12. The van der Waals surface area contributed by atoms with Crippen LogP contribution in [0.15, 0.2) is 36.4 Å². The molecule has 1 atom stereocenters. The number of alkyl halides is 3. The maximum atomic E-state index is 13.8. The number of carboxylic acids is 1. The molecule has 0 unspecified atom stereocenters. The molecule has 2 aromatic carbocycles. The van der Waals surface area contributed by atoms with Crippen molar-refractivity contribution in [3.8, 4) is 5.75 Å². The lowest BCUT2D eigenvalue weighted by molar-refractivity contribution is -0.139. The highest BCUT2D eigenvalue weighted by Crippen LogP contribution is 2.43. The molecule has 0 bridgehead atoms. The van der Waals surface area contributed by atoms with E-state index in [4.69, 9.17) is 4.74 Å². The van der Waals surface area contributed by atoms with Crippen LogP contribution >= 0.6 is 0 Å². The van der Waals surface area contributed by atoms with Crippen molar-refractivity contribution >= 4 is 16.9 Å². The Labute approximate surface area is 189 Å². The van der Waals surface area contributed by atoms with Gasteiger partial charge in [-0.1, -0.05) is 25.0 Å². The van der Waals surface area contributed by atoms with Gasteiger partial charge < -0.3 is 14.8 Å². The molecule has 4 nitrogen and oxygen atoms in total. The van der Waals surface area contributed by atoms with Crippen molar-refractivity contribution in [2.45, 2.75) is 69.6 Å². The minimum absolute atomic E-state index is 0.0200. The third kappa shape index (κ3) is 4.33. The first-order chi connectivity index (χ1) is 15.8. The quantitative estimate of drug-likeness (QED) is 0.422. The van der Waals surface area contributed by atoms with Crippen LogP contribution in [0.4, 0.5) is 13.2 Å². The molecule has 2 aliphatic rings. The first-order valence-corrected chi connectivity index (χ1v) is 11.5. The van der Waals surface area contributed by atoms with Gasteiger partial charge in [0, 0.05) is 16.6 Å². The number of halogens is 3. The van der Waals surface area contributed by atoms with E-state index in [1.165, 1.54) is 6.07 Å². The van der Waals surface area contributed by atoms with Crippen LogP contribution in [-0.4, -0.2) is 16.1 Å². The molecule has 0 spiro atoms. The molecule has 3 aromatic rings. The van der Waals surface area contributed by atoms with Crippen LogP contribution in [0.3, 0.4) is 0 Å². The number of aromatic amines is 1. The zero-order valence-electron chi connectivity index (χ0n) is 18.2. The first kappa shape index (κ1) is 21.9. The summed E-state index contributed by atoms with van der Waals surface area (Å²) in [6, 6.07) is 10.1. The standard InChI is InChI=1S/C26H26F3NO3/c27-26(28,29)21-11-15(5-8-19(21)16-3-1-2-4-16)14-33-18-7-10-22-20(13-18)25-17(12-24(31)32)6-9-23(25)30-22/h5,7-8,10-11,13,16-17,30H,1-4,6,9,12,14H2,(H,31,32)/t17-/m1/s1. The van der Waals surface area contributed by atoms with Crippen molar-refractivity contribution in [1.82, 2.24) is 4.98 Å². The third-order valence-corrected chi connectivity index (χ3v) is 7.09. The molecule has 1 saturated carbocycles. The van der Waals surface area contributed by atoms with E-state index in [9.17, 15) is 23.1 Å². The number of carboxylic acid groups (broad SMARTS) is 1. The van der Waals surface area contributed by atoms with Crippen LogP contribution in [-0.2, 0) is 24.0 Å². The third-order valence-electron chi connectivity index (χ3n) is 7.09. The molecule has 174 valence electrons. The number of rotatable bonds is 6. The van der Waals surface area contributed by atoms with Gasteiger partial charge in [-0.15, -0.1) is 0 Å². The van der Waals surface area contributed by atoms with E-state index in [1.807, 2.05) is 12.1 Å². The zero-order valence-corrected chi connectivity index (χ0v) is 18.2. The van der Waals surface area contributed by atoms with E-state index in [2.05, 4.69) is 4.98 Å². The van der Waals surface area contributed by atoms with Gasteiger partial charge >= 0.3 is 12.1 Å². The molecule has 1 heterocycles. The van der Waals surface area contributed by atoms with Gasteiger partial charge in [0.05, 0.1) is 12.0 Å². The van der Waals surface area contributed by atoms with E-state index in [1.54, 1.807) is 18.2 Å². The van der Waals surface area contributed by atoms with Gasteiger partial charge in [-0.3, -0.25) is 4.79 Å². The Morgan fingerprint density at radius 3 is 2.61 bits per heavy atom. The predicted octanol–water partition coefficient (Wildman–Crippen LogP) is 6.93. The van der Waals surface area contributed by atoms with Crippen LogP contribution in [0.1, 0.15) is 78.3 Å². The normalized spacial score (nSPS) is 18.7. The average Bonchev–Trinajstić information content (AvgIpc) is 3.49. The van der Waals surface area contributed by atoms with E-state index in [0.717, 1.165) is 60.7 Å². The van der Waals surface area contributed by atoms with E-state index in [0.29, 0.717) is 16.9 Å². The molecule has 5 rings (SSSR count). The first-order valence-electron chi connectivity index (χ1n) is 11.5. The number of aromatic nitrogens is 1. The average molecular weight is 457 g/mol. The molecular weight excluding hydrogens is 431 g/mol. The SMILES string of the molecule is O=C(O)C[C@H]1CCc2[nH]c3ccc(OCc4ccc(C5CCCC5)c(C(F)(F)F)c4)cc3c21. The monoisotopic (exact) mass is 457 g/mol. The van der Waals surface area contributed by atoms with E-state index < -0.39 is 17.7 Å². The van der Waals surface area contributed by atoms with Crippen LogP contribution in [0.25, 0.3) is 10.9 Å². The number of benzene rings is 2. The molecule has 1 aromatic heterocycles. The van der Waals surface area contributed by atoms with Gasteiger partial charge in [-0.2, -0.15) is 13.2 Å². The summed E-state index contributed by atoms with van der Waals surface area (Å²) in [5.74, 6) is -0.331. The second-order valence-corrected chi connectivity index (χ2v) is 9.25. The number of fused-ring (bicyclic) bond motifs is 3. The van der Waals surface area contributed by atoms with E-state index >= 15 is 0 Å². The number of aryl methyl sites for hydroxylation is 1. The summed E-state index contributed by atoms with van der Waals surface area (Å²) in [6.45, 7) is 0.0324. The topological polar surface area (TPSA) is 62.3 Å². The fraction of sp³-hybridized carbons (Fsp3) is 0.423. The molecule has 0 aliphatic heterocycles. The Balaban J connectivity index is 1.38. The molecule has 0 amide bonds. The number of H-pyrrole nitrogens is 1. The highest BCUT2D eigenvalue weighted by molar-refractivity contribution is 5.88. The van der Waals surface area contributed by atoms with Crippen molar-refractivity contribution in [2.75, 3.05) is 0 Å².